The Balaban J connectivity index is 0.000000124. The van der Waals surface area contributed by atoms with Crippen molar-refractivity contribution in [3.63, 3.8) is 0 Å². The van der Waals surface area contributed by atoms with E-state index in [0.29, 0.717) is 33.9 Å². The fraction of sp³-hybridized carbons (Fsp3) is 0.0435. The summed E-state index contributed by atoms with van der Waals surface area (Å²) in [6, 6.07) is 85.3. The van der Waals surface area contributed by atoms with Gasteiger partial charge in [-0.3, -0.25) is 9.97 Å². The van der Waals surface area contributed by atoms with Gasteiger partial charge in [-0.25, -0.2) is 39.9 Å². The van der Waals surface area contributed by atoms with E-state index >= 15 is 0 Å². The molecule has 32 bridgehead atoms. The third-order valence-corrected chi connectivity index (χ3v) is 19.3. The normalized spacial score (nSPS) is 10.9. The minimum atomic E-state index is 0. The standard InChI is InChI=1S/C28H16N6.C26H22N4.C20H12N6.C18H10N8.4Pt/c1-5-17-13-23-21-9-3-12-30-28(21)26(33-23)16-20-8-2-6-18(32-20)14-24-22-10-4-11-29-27(22)25(34-24)15-19(7-1)31-17;1-15-16(2)24-12-20-8-6-10-22(28-20)14-26-18(4)17(3)25(30-26)13-21-9-5-7-19(27-21)11-23(15)29-24;1-3-13-7-17-11-22-20(25-17)10-16-6-2-4-14(24-16)8-18-12-21-19(26-18)9-15(5-1)23-13;1-3-11-7-15-21-17(25-23-15)9-13-5-2-6-14(20-13)10-18-22-16(24-26-18)8-12(4-1)19-11;;;;/h1-16H;5-14H,1-4H3;1-12H;1-10H;;;;/q4*-2;4*+2. The van der Waals surface area contributed by atoms with Gasteiger partial charge in [0.05, 0.1) is 99.3 Å². The zero-order chi connectivity index (χ0) is 78.0. The van der Waals surface area contributed by atoms with Crippen LogP contribution in [0.3, 0.4) is 0 Å². The van der Waals surface area contributed by atoms with Crippen LogP contribution in [0.2, 0.25) is 0 Å². The maximum absolute atomic E-state index is 4.89. The Hall–Kier alpha value is -13.5. The fourth-order valence-corrected chi connectivity index (χ4v) is 13.4. The third kappa shape index (κ3) is 18.7. The van der Waals surface area contributed by atoms with E-state index in [0.717, 1.165) is 187 Å². The summed E-state index contributed by atoms with van der Waals surface area (Å²) >= 11 is 0. The number of pyridine rings is 10. The Morgan fingerprint density at radius 1 is 0.192 bits per heavy atom. The van der Waals surface area contributed by atoms with Crippen molar-refractivity contribution in [1.82, 2.24) is 120 Å². The summed E-state index contributed by atoms with van der Waals surface area (Å²) in [6.07, 6.45) is 7.03. The number of nitrogens with zero attached hydrogens (tertiary/aromatic N) is 24. The van der Waals surface area contributed by atoms with Crippen LogP contribution in [0.25, 0.3) is 199 Å². The zero-order valence-electron chi connectivity index (χ0n) is 63.7. The maximum Gasteiger partial charge on any atom is 2.00 e. The molecule has 0 N–H and O–H groups in total. The van der Waals surface area contributed by atoms with Crippen LogP contribution in [-0.2, 0) is 84.3 Å². The summed E-state index contributed by atoms with van der Waals surface area (Å²) in [5.74, 6) is 0. The molecular weight excluding hydrogens is 2220 g/mol. The number of aromatic nitrogens is 24. The van der Waals surface area contributed by atoms with Crippen molar-refractivity contribution in [2.45, 2.75) is 27.7 Å². The van der Waals surface area contributed by atoms with Gasteiger partial charge < -0.3 is 70.2 Å². The summed E-state index contributed by atoms with van der Waals surface area (Å²) in [6.45, 7) is 8.42. The molecule has 22 aromatic rings. The van der Waals surface area contributed by atoms with Crippen LogP contribution < -0.4 is 39.9 Å². The Morgan fingerprint density at radius 2 is 0.408 bits per heavy atom. The minimum absolute atomic E-state index is 0. The Morgan fingerprint density at radius 3 is 0.675 bits per heavy atom. The van der Waals surface area contributed by atoms with Gasteiger partial charge >= 0.3 is 84.3 Å². The van der Waals surface area contributed by atoms with Crippen molar-refractivity contribution in [3.05, 3.63) is 314 Å². The summed E-state index contributed by atoms with van der Waals surface area (Å²) in [5, 5.41) is 18.3. The van der Waals surface area contributed by atoms with Crippen LogP contribution in [-0.4, -0.2) is 80.2 Å². The van der Waals surface area contributed by atoms with E-state index in [1.165, 1.54) is 0 Å². The average Bonchev–Trinajstić information content (AvgIpc) is 1.63. The monoisotopic (exact) mass is 2280 g/mol. The quantitative estimate of drug-likeness (QED) is 0.136. The predicted octanol–water partition coefficient (Wildman–Crippen LogP) is 17.5. The van der Waals surface area contributed by atoms with Gasteiger partial charge in [0.2, 0.25) is 0 Å². The molecule has 22 heterocycles. The topological polar surface area (TPSA) is 319 Å². The molecule has 0 aliphatic carbocycles. The van der Waals surface area contributed by atoms with Crippen LogP contribution in [0.5, 0.6) is 0 Å². The Kier molecular flexibility index (Phi) is 24.6. The van der Waals surface area contributed by atoms with Gasteiger partial charge in [-0.05, 0) is 219 Å². The van der Waals surface area contributed by atoms with Crippen molar-refractivity contribution in [2.24, 2.45) is 0 Å². The third-order valence-electron chi connectivity index (χ3n) is 19.3. The SMILES string of the molecule is Cc1c(C)c2cc3cccc(cc4[n-]c(cc5cccc(cc1[n-]2)n5)c(C)c4C)n3.[Pt+2].[Pt+2].[Pt+2].[Pt+2].c1cc2cc3[n-]c(cc4cccc(cc5[n-]c(cc(c1)n2)c1ncccc51)n4)c1ncccc31.c1cc2cc3cnc(cc4cccc(cc5cnc(cc(c1)n2)[n-]5)n4)[n-]3.c1cc2cc3nnc(cc4cccc(cc5nnc(cc(c1)n2)[n-]5)n4)[n-]3. The second kappa shape index (κ2) is 36.2. The molecule has 0 atom stereocenters. The molecule has 588 valence electrons. The van der Waals surface area contributed by atoms with Crippen LogP contribution in [0.4, 0.5) is 0 Å². The van der Waals surface area contributed by atoms with Gasteiger partial charge in [-0.1, -0.05) is 143 Å². The van der Waals surface area contributed by atoms with Crippen LogP contribution in [0.1, 0.15) is 22.3 Å². The summed E-state index contributed by atoms with van der Waals surface area (Å²) in [7, 11) is 0. The molecule has 0 spiro atoms. The fourth-order valence-electron chi connectivity index (χ4n) is 13.4. The van der Waals surface area contributed by atoms with Crippen molar-refractivity contribution in [3.8, 4) is 0 Å². The first kappa shape index (κ1) is 81.6. The molecule has 120 heavy (non-hydrogen) atoms. The van der Waals surface area contributed by atoms with E-state index in [-0.39, 0.29) is 84.3 Å². The summed E-state index contributed by atoms with van der Waals surface area (Å²) in [4.78, 5) is 92.7. The molecule has 0 fully saturated rings. The number of aryl methyl sites for hydroxylation is 4. The molecule has 0 amide bonds. The molecular formula is C92H60N24Pt4. The van der Waals surface area contributed by atoms with Gasteiger partial charge in [0.1, 0.15) is 0 Å². The molecule has 28 heteroatoms. The second-order valence-corrected chi connectivity index (χ2v) is 27.4. The Bertz CT molecular complexity index is 7030. The molecule has 0 aromatic carbocycles. The molecule has 0 saturated carbocycles. The smallest absolute Gasteiger partial charge is 0.657 e. The first-order valence-electron chi connectivity index (χ1n) is 37.1. The van der Waals surface area contributed by atoms with E-state index in [1.54, 1.807) is 49.1 Å². The van der Waals surface area contributed by atoms with Crippen LogP contribution >= 0.6 is 0 Å². The van der Waals surface area contributed by atoms with E-state index in [4.69, 9.17) is 39.9 Å². The average molecular weight is 2280 g/mol. The first-order valence-corrected chi connectivity index (χ1v) is 37.1. The van der Waals surface area contributed by atoms with Crippen molar-refractivity contribution in [1.29, 1.82) is 0 Å². The maximum atomic E-state index is 4.89. The molecule has 0 saturated heterocycles. The van der Waals surface area contributed by atoms with Crippen LogP contribution in [0, 0.1) is 27.7 Å². The molecule has 0 aliphatic heterocycles. The van der Waals surface area contributed by atoms with Gasteiger partial charge in [-0.2, -0.15) is 0 Å². The van der Waals surface area contributed by atoms with Gasteiger partial charge in [-0.15, -0.1) is 44.1 Å². The van der Waals surface area contributed by atoms with E-state index in [1.807, 2.05) is 243 Å². The zero-order valence-corrected chi connectivity index (χ0v) is 72.8. The number of hydrogen-bond acceptors (Lipinski definition) is 16. The summed E-state index contributed by atoms with van der Waals surface area (Å²) in [5.41, 5.74) is 30.9. The molecule has 22 rings (SSSR count). The molecule has 22 aromatic heterocycles. The van der Waals surface area contributed by atoms with E-state index < -0.39 is 0 Å². The number of fused-ring (bicyclic) bond motifs is 38. The molecule has 0 unspecified atom stereocenters. The van der Waals surface area contributed by atoms with Crippen molar-refractivity contribution < 1.29 is 84.3 Å². The second-order valence-electron chi connectivity index (χ2n) is 27.4. The van der Waals surface area contributed by atoms with E-state index in [2.05, 4.69) is 108 Å². The molecule has 24 nitrogen and oxygen atoms in total. The molecule has 0 aliphatic rings. The number of imidazole rings is 2. The Labute approximate surface area is 738 Å². The largest absolute Gasteiger partial charge is 2.00 e. The summed E-state index contributed by atoms with van der Waals surface area (Å²) < 4.78 is 0. The first-order chi connectivity index (χ1) is 56.9. The molecule has 0 radical (unpaired) electrons. The van der Waals surface area contributed by atoms with Gasteiger partial charge in [0.25, 0.3) is 0 Å². The van der Waals surface area contributed by atoms with Crippen LogP contribution in [0.15, 0.2) is 292 Å². The minimum Gasteiger partial charge on any atom is -0.657 e. The van der Waals surface area contributed by atoms with E-state index in [9.17, 15) is 0 Å². The van der Waals surface area contributed by atoms with Crippen molar-refractivity contribution >= 4 is 199 Å². The van der Waals surface area contributed by atoms with Gasteiger partial charge in [0.15, 0.2) is 0 Å². The predicted molar refractivity (Wildman–Crippen MR) is 457 cm³/mol. The van der Waals surface area contributed by atoms with Gasteiger partial charge in [0, 0.05) is 35.0 Å². The van der Waals surface area contributed by atoms with Crippen molar-refractivity contribution in [2.75, 3.05) is 0 Å². The number of hydrogen-bond donors (Lipinski definition) is 0. The number of rotatable bonds is 0.